The van der Waals surface area contributed by atoms with Gasteiger partial charge in [0.05, 0.1) is 30.7 Å². The van der Waals surface area contributed by atoms with Crippen molar-refractivity contribution in [2.45, 2.75) is 32.0 Å². The van der Waals surface area contributed by atoms with E-state index in [0.29, 0.717) is 12.0 Å². The Morgan fingerprint density at radius 3 is 2.64 bits per heavy atom. The average Bonchev–Trinajstić information content (AvgIpc) is 2.94. The van der Waals surface area contributed by atoms with Gasteiger partial charge in [-0.2, -0.15) is 18.4 Å². The summed E-state index contributed by atoms with van der Waals surface area (Å²) in [5.41, 5.74) is 1.22. The van der Waals surface area contributed by atoms with Crippen LogP contribution in [0.2, 0.25) is 0 Å². The average molecular weight is 312 g/mol. The van der Waals surface area contributed by atoms with Crippen molar-refractivity contribution in [3.8, 4) is 6.07 Å². The first-order valence-corrected chi connectivity index (χ1v) is 6.84. The number of hydroxylamine groups is 2. The van der Waals surface area contributed by atoms with Crippen molar-refractivity contribution in [2.24, 2.45) is 5.92 Å². The number of amides is 1. The highest BCUT2D eigenvalue weighted by Crippen LogP contribution is 2.34. The number of hydrogen-bond acceptors (Lipinski definition) is 3. The quantitative estimate of drug-likeness (QED) is 0.860. The van der Waals surface area contributed by atoms with Gasteiger partial charge in [-0.1, -0.05) is 19.1 Å². The molecule has 0 aromatic heterocycles. The summed E-state index contributed by atoms with van der Waals surface area (Å²) in [6.07, 6.45) is -5.05. The predicted molar refractivity (Wildman–Crippen MR) is 71.1 cm³/mol. The summed E-state index contributed by atoms with van der Waals surface area (Å²) in [5.74, 6) is -1.87. The van der Waals surface area contributed by atoms with E-state index in [2.05, 4.69) is 0 Å². The first-order chi connectivity index (χ1) is 10.3. The molecule has 1 aromatic carbocycles. The third kappa shape index (κ3) is 3.77. The van der Waals surface area contributed by atoms with E-state index in [1.807, 2.05) is 6.07 Å². The van der Waals surface area contributed by atoms with Crippen LogP contribution in [0.5, 0.6) is 0 Å². The summed E-state index contributed by atoms with van der Waals surface area (Å²) < 4.78 is 37.2. The Morgan fingerprint density at radius 1 is 1.45 bits per heavy atom. The monoisotopic (exact) mass is 312 g/mol. The molecule has 0 bridgehead atoms. The van der Waals surface area contributed by atoms with E-state index in [9.17, 15) is 18.0 Å². The van der Waals surface area contributed by atoms with Crippen LogP contribution in [-0.2, 0) is 9.63 Å². The largest absolute Gasteiger partial charge is 0.389 e. The number of nitriles is 1. The molecule has 1 fully saturated rings. The van der Waals surface area contributed by atoms with Crippen LogP contribution in [0.1, 0.15) is 36.9 Å². The lowest BCUT2D eigenvalue weighted by Gasteiger charge is -2.26. The maximum absolute atomic E-state index is 12.4. The van der Waals surface area contributed by atoms with Gasteiger partial charge >= 0.3 is 6.18 Å². The second kappa shape index (κ2) is 6.36. The fraction of sp³-hybridized carbons (Fsp3) is 0.467. The van der Waals surface area contributed by atoms with Gasteiger partial charge in [0, 0.05) is 12.3 Å². The molecule has 1 heterocycles. The minimum Gasteiger partial charge on any atom is -0.272 e. The van der Waals surface area contributed by atoms with E-state index in [1.165, 1.54) is 6.92 Å². The molecular formula is C15H15F3N2O2. The Balaban J connectivity index is 2.12. The van der Waals surface area contributed by atoms with Gasteiger partial charge in [-0.25, -0.2) is 5.06 Å². The minimum absolute atomic E-state index is 0.273. The molecule has 1 aliphatic heterocycles. The molecule has 4 nitrogen and oxygen atoms in total. The Bertz CT molecular complexity index is 578. The Labute approximate surface area is 126 Å². The summed E-state index contributed by atoms with van der Waals surface area (Å²) in [6, 6.07) is 8.15. The van der Waals surface area contributed by atoms with Crippen LogP contribution in [0.15, 0.2) is 24.3 Å². The smallest absolute Gasteiger partial charge is 0.272 e. The van der Waals surface area contributed by atoms with Crippen LogP contribution in [0.3, 0.4) is 0 Å². The zero-order chi connectivity index (χ0) is 16.3. The van der Waals surface area contributed by atoms with Crippen LogP contribution < -0.4 is 0 Å². The van der Waals surface area contributed by atoms with Gasteiger partial charge in [-0.05, 0) is 17.7 Å². The summed E-state index contributed by atoms with van der Waals surface area (Å²) in [4.78, 5) is 17.4. The molecule has 1 amide bonds. The second-order valence-electron chi connectivity index (χ2n) is 5.26. The molecule has 2 rings (SSSR count). The van der Waals surface area contributed by atoms with E-state index >= 15 is 0 Å². The predicted octanol–water partition coefficient (Wildman–Crippen LogP) is 3.35. The van der Waals surface area contributed by atoms with E-state index < -0.39 is 30.5 Å². The van der Waals surface area contributed by atoms with Crippen molar-refractivity contribution >= 4 is 5.91 Å². The lowest BCUT2D eigenvalue weighted by molar-refractivity contribution is -0.190. The third-order valence-electron chi connectivity index (χ3n) is 3.51. The summed E-state index contributed by atoms with van der Waals surface area (Å²) in [7, 11) is 0. The van der Waals surface area contributed by atoms with Gasteiger partial charge in [0.2, 0.25) is 5.91 Å². The molecule has 0 radical (unpaired) electrons. The summed E-state index contributed by atoms with van der Waals surface area (Å²) >= 11 is 0. The molecule has 1 saturated heterocycles. The standard InChI is InChI=1S/C15H15F3N2O2/c1-10(8-15(16,17)18)14(21)20-13(6-7-22-20)12-4-2-11(9-19)3-5-12/h2-5,10,13H,6-8H2,1H3/t10-,13-/m0/s1. The van der Waals surface area contributed by atoms with E-state index in [-0.39, 0.29) is 6.61 Å². The molecule has 2 atom stereocenters. The van der Waals surface area contributed by atoms with Crippen LogP contribution >= 0.6 is 0 Å². The van der Waals surface area contributed by atoms with Gasteiger partial charge < -0.3 is 0 Å². The number of nitrogens with zero attached hydrogens (tertiary/aromatic N) is 2. The number of alkyl halides is 3. The fourth-order valence-corrected chi connectivity index (χ4v) is 2.42. The molecular weight excluding hydrogens is 297 g/mol. The van der Waals surface area contributed by atoms with Gasteiger partial charge in [0.15, 0.2) is 0 Å². The molecule has 22 heavy (non-hydrogen) atoms. The van der Waals surface area contributed by atoms with Gasteiger partial charge in [0.25, 0.3) is 0 Å². The molecule has 0 N–H and O–H groups in total. The first kappa shape index (κ1) is 16.3. The van der Waals surface area contributed by atoms with Gasteiger partial charge in [-0.3, -0.25) is 9.63 Å². The summed E-state index contributed by atoms with van der Waals surface area (Å²) in [5, 5.41) is 9.81. The van der Waals surface area contributed by atoms with Crippen molar-refractivity contribution in [1.29, 1.82) is 5.26 Å². The van der Waals surface area contributed by atoms with E-state index in [0.717, 1.165) is 10.6 Å². The Morgan fingerprint density at radius 2 is 2.09 bits per heavy atom. The van der Waals surface area contributed by atoms with Crippen LogP contribution in [0, 0.1) is 17.2 Å². The molecule has 7 heteroatoms. The van der Waals surface area contributed by atoms with E-state index in [4.69, 9.17) is 10.1 Å². The second-order valence-corrected chi connectivity index (χ2v) is 5.26. The van der Waals surface area contributed by atoms with Crippen molar-refractivity contribution in [2.75, 3.05) is 6.61 Å². The molecule has 0 aliphatic carbocycles. The lowest BCUT2D eigenvalue weighted by Crippen LogP contribution is -2.35. The zero-order valence-electron chi connectivity index (χ0n) is 11.9. The number of benzene rings is 1. The minimum atomic E-state index is -4.39. The van der Waals surface area contributed by atoms with Crippen LogP contribution in [-0.4, -0.2) is 23.8 Å². The summed E-state index contributed by atoms with van der Waals surface area (Å²) in [6.45, 7) is 1.52. The number of carbonyl (C=O) groups excluding carboxylic acids is 1. The maximum Gasteiger partial charge on any atom is 0.389 e. The fourth-order valence-electron chi connectivity index (χ4n) is 2.42. The maximum atomic E-state index is 12.4. The molecule has 0 spiro atoms. The lowest BCUT2D eigenvalue weighted by atomic mass is 10.0. The van der Waals surface area contributed by atoms with Gasteiger partial charge in [0.1, 0.15) is 0 Å². The number of rotatable bonds is 3. The topological polar surface area (TPSA) is 53.3 Å². The zero-order valence-corrected chi connectivity index (χ0v) is 11.9. The highest BCUT2D eigenvalue weighted by Gasteiger charge is 2.39. The van der Waals surface area contributed by atoms with E-state index in [1.54, 1.807) is 24.3 Å². The normalized spacial score (nSPS) is 19.8. The van der Waals surface area contributed by atoms with Crippen molar-refractivity contribution in [3.05, 3.63) is 35.4 Å². The highest BCUT2D eigenvalue weighted by molar-refractivity contribution is 5.78. The van der Waals surface area contributed by atoms with Crippen molar-refractivity contribution < 1.29 is 22.8 Å². The van der Waals surface area contributed by atoms with Crippen LogP contribution in [0.4, 0.5) is 13.2 Å². The molecule has 1 aromatic rings. The molecule has 118 valence electrons. The third-order valence-corrected chi connectivity index (χ3v) is 3.51. The highest BCUT2D eigenvalue weighted by atomic mass is 19.4. The van der Waals surface area contributed by atoms with Gasteiger partial charge in [-0.15, -0.1) is 0 Å². The first-order valence-electron chi connectivity index (χ1n) is 6.84. The molecule has 1 aliphatic rings. The Hall–Kier alpha value is -2.07. The molecule has 0 unspecified atom stereocenters. The van der Waals surface area contributed by atoms with Crippen LogP contribution in [0.25, 0.3) is 0 Å². The van der Waals surface area contributed by atoms with Crippen molar-refractivity contribution in [1.82, 2.24) is 5.06 Å². The van der Waals surface area contributed by atoms with Crippen molar-refractivity contribution in [3.63, 3.8) is 0 Å². The SMILES string of the molecule is C[C@@H](CC(F)(F)F)C(=O)N1OCC[C@H]1c1ccc(C#N)cc1. The Kier molecular flexibility index (Phi) is 4.71. The number of carbonyl (C=O) groups is 1. The molecule has 0 saturated carbocycles. The number of halogens is 3. The number of hydrogen-bond donors (Lipinski definition) is 0.